The van der Waals surface area contributed by atoms with Crippen molar-refractivity contribution in [3.63, 3.8) is 0 Å². The van der Waals surface area contributed by atoms with E-state index in [0.29, 0.717) is 29.6 Å². The van der Waals surface area contributed by atoms with Crippen molar-refractivity contribution in [3.8, 4) is 17.2 Å². The van der Waals surface area contributed by atoms with Gasteiger partial charge in [-0.15, -0.1) is 0 Å². The van der Waals surface area contributed by atoms with Crippen LogP contribution in [0.4, 0.5) is 5.82 Å². The van der Waals surface area contributed by atoms with Gasteiger partial charge in [-0.2, -0.15) is 5.10 Å². The lowest BCUT2D eigenvalue weighted by molar-refractivity contribution is 0.321. The van der Waals surface area contributed by atoms with Crippen molar-refractivity contribution < 1.29 is 14.2 Å². The average molecular weight is 389 g/mol. The van der Waals surface area contributed by atoms with E-state index in [4.69, 9.17) is 19.9 Å². The van der Waals surface area contributed by atoms with E-state index in [0.717, 1.165) is 9.13 Å². The average Bonchev–Trinajstić information content (AvgIpc) is 2.78. The van der Waals surface area contributed by atoms with Gasteiger partial charge in [0.25, 0.3) is 0 Å². The zero-order valence-electron chi connectivity index (χ0n) is 11.5. The molecule has 0 aliphatic rings. The third-order valence-corrected chi connectivity index (χ3v) is 3.77. The van der Waals surface area contributed by atoms with Crippen LogP contribution in [-0.2, 0) is 6.54 Å². The number of rotatable bonds is 5. The summed E-state index contributed by atoms with van der Waals surface area (Å²) in [7, 11) is 4.76. The number of halogens is 1. The Morgan fingerprint density at radius 3 is 2.35 bits per heavy atom. The zero-order valence-corrected chi connectivity index (χ0v) is 13.7. The summed E-state index contributed by atoms with van der Waals surface area (Å²) in [5.41, 5.74) is 6.88. The quantitative estimate of drug-likeness (QED) is 0.794. The van der Waals surface area contributed by atoms with E-state index in [9.17, 15) is 0 Å². The van der Waals surface area contributed by atoms with Gasteiger partial charge in [0.1, 0.15) is 5.82 Å². The van der Waals surface area contributed by atoms with Crippen LogP contribution in [0.15, 0.2) is 18.3 Å². The molecule has 1 heterocycles. The normalized spacial score (nSPS) is 10.4. The van der Waals surface area contributed by atoms with Crippen LogP contribution in [0.3, 0.4) is 0 Å². The molecule has 0 radical (unpaired) electrons. The maximum atomic E-state index is 5.96. The Morgan fingerprint density at radius 2 is 1.85 bits per heavy atom. The Kier molecular flexibility index (Phi) is 4.58. The van der Waals surface area contributed by atoms with E-state index in [-0.39, 0.29) is 0 Å². The number of hydrogen-bond donors (Lipinski definition) is 1. The number of nitrogen functional groups attached to an aromatic ring is 1. The van der Waals surface area contributed by atoms with Crippen LogP contribution in [0, 0.1) is 3.57 Å². The molecule has 108 valence electrons. The summed E-state index contributed by atoms with van der Waals surface area (Å²) in [5.74, 6) is 2.43. The Labute approximate surface area is 130 Å². The summed E-state index contributed by atoms with van der Waals surface area (Å²) in [4.78, 5) is 0. The summed E-state index contributed by atoms with van der Waals surface area (Å²) in [6, 6.07) is 3.75. The minimum atomic E-state index is 0.498. The maximum absolute atomic E-state index is 5.96. The molecule has 0 saturated heterocycles. The maximum Gasteiger partial charge on any atom is 0.203 e. The van der Waals surface area contributed by atoms with Crippen LogP contribution in [0.25, 0.3) is 0 Å². The largest absolute Gasteiger partial charge is 0.493 e. The van der Waals surface area contributed by atoms with Gasteiger partial charge in [-0.05, 0) is 34.7 Å². The predicted molar refractivity (Wildman–Crippen MR) is 84.6 cm³/mol. The highest BCUT2D eigenvalue weighted by molar-refractivity contribution is 14.1. The van der Waals surface area contributed by atoms with Gasteiger partial charge < -0.3 is 19.9 Å². The van der Waals surface area contributed by atoms with Gasteiger partial charge in [0.15, 0.2) is 11.5 Å². The van der Waals surface area contributed by atoms with E-state index in [1.54, 1.807) is 32.2 Å². The summed E-state index contributed by atoms with van der Waals surface area (Å²) >= 11 is 2.15. The topological polar surface area (TPSA) is 71.5 Å². The Morgan fingerprint density at radius 1 is 1.15 bits per heavy atom. The summed E-state index contributed by atoms with van der Waals surface area (Å²) < 4.78 is 18.7. The fraction of sp³-hybridized carbons (Fsp3) is 0.308. The molecular weight excluding hydrogens is 373 g/mol. The first-order chi connectivity index (χ1) is 9.62. The summed E-state index contributed by atoms with van der Waals surface area (Å²) in [6.07, 6.45) is 1.73. The number of ether oxygens (including phenoxy) is 3. The first kappa shape index (κ1) is 14.8. The number of benzene rings is 1. The molecule has 6 nitrogen and oxygen atoms in total. The van der Waals surface area contributed by atoms with E-state index in [1.807, 2.05) is 12.1 Å². The van der Waals surface area contributed by atoms with Gasteiger partial charge in [-0.3, -0.25) is 0 Å². The smallest absolute Gasteiger partial charge is 0.203 e. The molecule has 0 unspecified atom stereocenters. The van der Waals surface area contributed by atoms with Crippen LogP contribution < -0.4 is 19.9 Å². The van der Waals surface area contributed by atoms with Crippen LogP contribution in [0.5, 0.6) is 17.2 Å². The number of hydrogen-bond acceptors (Lipinski definition) is 5. The SMILES string of the molecule is COc1ccc(Cn2ncc(I)c2N)c(OC)c1OC. The van der Waals surface area contributed by atoms with Crippen molar-refractivity contribution in [1.82, 2.24) is 9.78 Å². The first-order valence-corrected chi connectivity index (χ1v) is 6.94. The molecule has 7 heteroatoms. The fourth-order valence-corrected chi connectivity index (χ4v) is 2.35. The van der Waals surface area contributed by atoms with Gasteiger partial charge in [-0.1, -0.05) is 0 Å². The highest BCUT2D eigenvalue weighted by Crippen LogP contribution is 2.40. The molecule has 2 N–H and O–H groups in total. The standard InChI is InChI=1S/C13H16IN3O3/c1-18-10-5-4-8(11(19-2)12(10)20-3)7-17-13(15)9(14)6-16-17/h4-6H,7,15H2,1-3H3. The van der Waals surface area contributed by atoms with E-state index in [1.165, 1.54) is 0 Å². The highest BCUT2D eigenvalue weighted by Gasteiger charge is 2.17. The monoisotopic (exact) mass is 389 g/mol. The van der Waals surface area contributed by atoms with Gasteiger partial charge in [-0.25, -0.2) is 4.68 Å². The van der Waals surface area contributed by atoms with E-state index in [2.05, 4.69) is 27.7 Å². The minimum absolute atomic E-state index is 0.498. The molecule has 0 spiro atoms. The second-order valence-electron chi connectivity index (χ2n) is 4.03. The van der Waals surface area contributed by atoms with Gasteiger partial charge in [0.2, 0.25) is 5.75 Å². The number of nitrogens with two attached hydrogens (primary N) is 1. The van der Waals surface area contributed by atoms with Crippen molar-refractivity contribution in [2.75, 3.05) is 27.1 Å². The Hall–Kier alpha value is -1.64. The molecule has 2 rings (SSSR count). The van der Waals surface area contributed by atoms with Crippen LogP contribution in [0.2, 0.25) is 0 Å². The van der Waals surface area contributed by atoms with Gasteiger partial charge in [0, 0.05) is 5.56 Å². The van der Waals surface area contributed by atoms with Gasteiger partial charge in [0.05, 0.1) is 37.6 Å². The lowest BCUT2D eigenvalue weighted by Crippen LogP contribution is -2.08. The molecule has 2 aromatic rings. The van der Waals surface area contributed by atoms with E-state index < -0.39 is 0 Å². The van der Waals surface area contributed by atoms with Crippen molar-refractivity contribution in [3.05, 3.63) is 27.5 Å². The second-order valence-corrected chi connectivity index (χ2v) is 5.19. The second kappa shape index (κ2) is 6.21. The fourth-order valence-electron chi connectivity index (χ4n) is 1.95. The molecule has 20 heavy (non-hydrogen) atoms. The minimum Gasteiger partial charge on any atom is -0.493 e. The Balaban J connectivity index is 2.44. The predicted octanol–water partition coefficient (Wildman–Crippen LogP) is 2.14. The first-order valence-electron chi connectivity index (χ1n) is 5.87. The molecule has 1 aromatic heterocycles. The van der Waals surface area contributed by atoms with Crippen molar-refractivity contribution in [2.24, 2.45) is 0 Å². The van der Waals surface area contributed by atoms with Crippen molar-refractivity contribution in [2.45, 2.75) is 6.54 Å². The number of methoxy groups -OCH3 is 3. The number of aromatic nitrogens is 2. The third-order valence-electron chi connectivity index (χ3n) is 2.94. The molecule has 0 fully saturated rings. The molecule has 0 atom stereocenters. The van der Waals surface area contributed by atoms with Crippen LogP contribution in [0.1, 0.15) is 5.56 Å². The molecule has 1 aromatic carbocycles. The molecule has 0 aliphatic heterocycles. The third kappa shape index (κ3) is 2.62. The number of anilines is 1. The lowest BCUT2D eigenvalue weighted by Gasteiger charge is -2.16. The molecule has 0 bridgehead atoms. The van der Waals surface area contributed by atoms with Crippen LogP contribution in [-0.4, -0.2) is 31.1 Å². The Bertz CT molecular complexity index is 613. The molecule has 0 saturated carbocycles. The summed E-state index contributed by atoms with van der Waals surface area (Å²) in [6.45, 7) is 0.498. The van der Waals surface area contributed by atoms with Crippen molar-refractivity contribution >= 4 is 28.4 Å². The lowest BCUT2D eigenvalue weighted by atomic mass is 10.1. The van der Waals surface area contributed by atoms with E-state index >= 15 is 0 Å². The molecule has 0 amide bonds. The highest BCUT2D eigenvalue weighted by atomic mass is 127. The molecular formula is C13H16IN3O3. The van der Waals surface area contributed by atoms with Crippen molar-refractivity contribution in [1.29, 1.82) is 0 Å². The van der Waals surface area contributed by atoms with Crippen LogP contribution >= 0.6 is 22.6 Å². The van der Waals surface area contributed by atoms with Gasteiger partial charge >= 0.3 is 0 Å². The molecule has 0 aliphatic carbocycles. The number of nitrogens with zero attached hydrogens (tertiary/aromatic N) is 2. The zero-order chi connectivity index (χ0) is 14.7. The summed E-state index contributed by atoms with van der Waals surface area (Å²) in [5, 5.41) is 4.24.